The molecule has 2 atom stereocenters. The maximum absolute atomic E-state index is 13.9. The zero-order valence-electron chi connectivity index (χ0n) is 24.7. The van der Waals surface area contributed by atoms with Crippen molar-refractivity contribution in [2.45, 2.75) is 53.3 Å². The number of pyridine rings is 1. The zero-order chi connectivity index (χ0) is 28.4. The highest BCUT2D eigenvalue weighted by Crippen LogP contribution is 2.34. The maximum atomic E-state index is 13.9. The molecule has 0 saturated carbocycles. The molecule has 1 aromatic carbocycles. The van der Waals surface area contributed by atoms with Crippen LogP contribution in [0.15, 0.2) is 47.9 Å². The number of methoxy groups -OCH3 is 1. The molecule has 4 heterocycles. The number of carbonyl (C=O) groups is 1. The van der Waals surface area contributed by atoms with E-state index in [9.17, 15) is 4.79 Å². The number of amides is 1. The van der Waals surface area contributed by atoms with Gasteiger partial charge in [0.05, 0.1) is 0 Å². The summed E-state index contributed by atoms with van der Waals surface area (Å²) in [6.07, 6.45) is 4.87. The molecular weight excluding hydrogens is 502 g/mol. The lowest BCUT2D eigenvalue weighted by atomic mass is 9.98. The number of aromatic nitrogens is 2. The summed E-state index contributed by atoms with van der Waals surface area (Å²) in [7, 11) is 1.68. The molecular formula is C31H43N7O2. The molecule has 214 valence electrons. The van der Waals surface area contributed by atoms with E-state index in [1.165, 1.54) is 0 Å². The molecule has 2 unspecified atom stereocenters. The third-order valence-electron chi connectivity index (χ3n) is 8.41. The smallest absolute Gasteiger partial charge is 0.252 e. The number of fused-ring (bicyclic) bond motifs is 1. The number of hydrogen-bond acceptors (Lipinski definition) is 7. The third-order valence-corrected chi connectivity index (χ3v) is 8.41. The maximum Gasteiger partial charge on any atom is 0.252 e. The molecule has 3 aromatic rings. The predicted molar refractivity (Wildman–Crippen MR) is 161 cm³/mol. The second-order valence-electron chi connectivity index (χ2n) is 10.8. The van der Waals surface area contributed by atoms with Gasteiger partial charge in [-0.2, -0.15) is 0 Å². The number of hydrogen-bond donors (Lipinski definition) is 3. The van der Waals surface area contributed by atoms with Gasteiger partial charge >= 0.3 is 0 Å². The van der Waals surface area contributed by atoms with Crippen LogP contribution in [-0.4, -0.2) is 73.1 Å². The lowest BCUT2D eigenvalue weighted by molar-refractivity contribution is 0.0641. The highest BCUT2D eigenvalue weighted by atomic mass is 16.5. The first kappa shape index (κ1) is 28.1. The number of carbonyl (C=O) groups excluding carboxylic acids is 1. The van der Waals surface area contributed by atoms with Crippen molar-refractivity contribution in [3.05, 3.63) is 59.1 Å². The van der Waals surface area contributed by atoms with Gasteiger partial charge in [0.25, 0.3) is 5.91 Å². The van der Waals surface area contributed by atoms with E-state index < -0.39 is 0 Å². The molecule has 1 amide bonds. The monoisotopic (exact) mass is 545 g/mol. The topological polar surface area (TPSA) is 86.7 Å². The zero-order valence-corrected chi connectivity index (χ0v) is 24.7. The van der Waals surface area contributed by atoms with Gasteiger partial charge in [-0.05, 0) is 69.5 Å². The Morgan fingerprint density at radius 1 is 1.18 bits per heavy atom. The van der Waals surface area contributed by atoms with Crippen LogP contribution >= 0.6 is 0 Å². The number of ether oxygens (including phenoxy) is 1. The summed E-state index contributed by atoms with van der Waals surface area (Å²) >= 11 is 0. The first-order chi connectivity index (χ1) is 19.4. The Kier molecular flexibility index (Phi) is 8.44. The van der Waals surface area contributed by atoms with E-state index in [0.717, 1.165) is 83.8 Å². The molecule has 1 saturated heterocycles. The first-order valence-corrected chi connectivity index (χ1v) is 14.5. The van der Waals surface area contributed by atoms with E-state index in [4.69, 9.17) is 9.72 Å². The number of benzene rings is 1. The van der Waals surface area contributed by atoms with Crippen LogP contribution in [-0.2, 0) is 4.74 Å². The number of nitrogens with one attached hydrogen (secondary N) is 3. The average molecular weight is 546 g/mol. The van der Waals surface area contributed by atoms with E-state index in [0.29, 0.717) is 18.2 Å². The Labute approximate surface area is 237 Å². The van der Waals surface area contributed by atoms with Crippen molar-refractivity contribution in [3.8, 4) is 11.1 Å². The molecule has 2 aromatic heterocycles. The molecule has 2 aliphatic heterocycles. The standard InChI is InChI=1S/C31H43N7O2/c1-7-21(4)37-19-20(3)29-25(30(39)34-18-26-22(5)38(8-2)35-31(26)40-6)15-24(16-27(29)37)23-9-10-28(33-17-23)36-13-11-32-12-14-36/h9-10,15-17,19,21,31-32,35H,7-8,11-14,18H2,1-6H3,(H,34,39). The van der Waals surface area contributed by atoms with Crippen LogP contribution in [0.25, 0.3) is 22.0 Å². The summed E-state index contributed by atoms with van der Waals surface area (Å²) in [4.78, 5) is 21.0. The fraction of sp³-hybridized carbons (Fsp3) is 0.484. The third kappa shape index (κ3) is 5.33. The molecule has 9 heteroatoms. The number of piperazine rings is 1. The van der Waals surface area contributed by atoms with Gasteiger partial charge in [0.2, 0.25) is 0 Å². The SMILES string of the molecule is CCC(C)n1cc(C)c2c(C(=O)NCC3=C(C)N(CC)NC3OC)cc(-c3ccc(N4CCNCC4)nc3)cc21. The lowest BCUT2D eigenvalue weighted by Gasteiger charge is -2.28. The summed E-state index contributed by atoms with van der Waals surface area (Å²) in [5, 5.41) is 9.65. The summed E-state index contributed by atoms with van der Waals surface area (Å²) in [6, 6.07) is 8.76. The summed E-state index contributed by atoms with van der Waals surface area (Å²) in [5.74, 6) is 0.901. The summed E-state index contributed by atoms with van der Waals surface area (Å²) in [6.45, 7) is 15.7. The molecule has 1 fully saturated rings. The van der Waals surface area contributed by atoms with Crippen LogP contribution in [0, 0.1) is 6.92 Å². The van der Waals surface area contributed by atoms with Crippen LogP contribution in [0.4, 0.5) is 5.82 Å². The second-order valence-corrected chi connectivity index (χ2v) is 10.8. The van der Waals surface area contributed by atoms with Gasteiger partial charge in [0.1, 0.15) is 12.0 Å². The minimum Gasteiger partial charge on any atom is -0.361 e. The van der Waals surface area contributed by atoms with Gasteiger partial charge in [-0.25, -0.2) is 10.4 Å². The molecule has 0 spiro atoms. The highest BCUT2D eigenvalue weighted by molar-refractivity contribution is 6.09. The molecule has 2 aliphatic rings. The van der Waals surface area contributed by atoms with Crippen molar-refractivity contribution in [3.63, 3.8) is 0 Å². The fourth-order valence-corrected chi connectivity index (χ4v) is 5.83. The fourth-order valence-electron chi connectivity index (χ4n) is 5.83. The predicted octanol–water partition coefficient (Wildman–Crippen LogP) is 4.21. The van der Waals surface area contributed by atoms with Gasteiger partial charge in [0.15, 0.2) is 0 Å². The van der Waals surface area contributed by atoms with E-state index in [-0.39, 0.29) is 12.1 Å². The van der Waals surface area contributed by atoms with Crippen LogP contribution in [0.1, 0.15) is 56.1 Å². The van der Waals surface area contributed by atoms with Crippen molar-refractivity contribution in [2.24, 2.45) is 0 Å². The van der Waals surface area contributed by atoms with Crippen molar-refractivity contribution < 1.29 is 9.53 Å². The Bertz CT molecular complexity index is 1390. The summed E-state index contributed by atoms with van der Waals surface area (Å²) < 4.78 is 7.95. The van der Waals surface area contributed by atoms with Gasteiger partial charge in [-0.15, -0.1) is 0 Å². The number of aryl methyl sites for hydroxylation is 1. The molecule has 5 rings (SSSR count). The average Bonchev–Trinajstić information content (AvgIpc) is 3.50. The largest absolute Gasteiger partial charge is 0.361 e. The Morgan fingerprint density at radius 2 is 1.95 bits per heavy atom. The molecule has 0 radical (unpaired) electrons. The van der Waals surface area contributed by atoms with E-state index in [2.05, 4.69) is 89.5 Å². The van der Waals surface area contributed by atoms with Gasteiger partial charge in [-0.1, -0.05) is 6.92 Å². The van der Waals surface area contributed by atoms with E-state index in [1.54, 1.807) is 7.11 Å². The number of anilines is 1. The molecule has 0 aliphatic carbocycles. The lowest BCUT2D eigenvalue weighted by Crippen LogP contribution is -2.43. The van der Waals surface area contributed by atoms with Gasteiger partial charge in [-0.3, -0.25) is 4.79 Å². The van der Waals surface area contributed by atoms with Gasteiger partial charge in [0, 0.05) is 98.1 Å². The van der Waals surface area contributed by atoms with Crippen LogP contribution in [0.3, 0.4) is 0 Å². The normalized spacial score (nSPS) is 18.6. The van der Waals surface area contributed by atoms with Crippen molar-refractivity contribution in [2.75, 3.05) is 51.3 Å². The minimum absolute atomic E-state index is 0.0904. The van der Waals surface area contributed by atoms with Crippen molar-refractivity contribution in [1.29, 1.82) is 0 Å². The highest BCUT2D eigenvalue weighted by Gasteiger charge is 2.28. The quantitative estimate of drug-likeness (QED) is 0.371. The van der Waals surface area contributed by atoms with Crippen molar-refractivity contribution in [1.82, 2.24) is 30.6 Å². The Morgan fingerprint density at radius 3 is 2.60 bits per heavy atom. The van der Waals surface area contributed by atoms with Crippen LogP contribution in [0.5, 0.6) is 0 Å². The first-order valence-electron chi connectivity index (χ1n) is 14.5. The second kappa shape index (κ2) is 12.0. The number of nitrogens with zero attached hydrogens (tertiary/aromatic N) is 4. The molecule has 0 bridgehead atoms. The van der Waals surface area contributed by atoms with Crippen LogP contribution in [0.2, 0.25) is 0 Å². The molecule has 3 N–H and O–H groups in total. The Balaban J connectivity index is 1.51. The molecule has 40 heavy (non-hydrogen) atoms. The summed E-state index contributed by atoms with van der Waals surface area (Å²) in [5.41, 5.74) is 10.3. The Hall–Kier alpha value is -3.40. The van der Waals surface area contributed by atoms with E-state index in [1.807, 2.05) is 12.3 Å². The van der Waals surface area contributed by atoms with Crippen molar-refractivity contribution >= 4 is 22.6 Å². The minimum atomic E-state index is -0.250. The van der Waals surface area contributed by atoms with Gasteiger partial charge < -0.3 is 29.8 Å². The number of hydrazine groups is 1. The van der Waals surface area contributed by atoms with Crippen LogP contribution < -0.4 is 21.0 Å². The van der Waals surface area contributed by atoms with E-state index >= 15 is 0 Å². The number of rotatable bonds is 9. The molecule has 9 nitrogen and oxygen atoms in total. The number of allylic oxidation sites excluding steroid dienone is 1.